The SMILES string of the molecule is Cc1nc2ccccc2s1.[Na+]. The second-order valence-corrected chi connectivity index (χ2v) is 3.44. The molecule has 11 heavy (non-hydrogen) atoms. The molecule has 1 heterocycles. The molecule has 0 aliphatic carbocycles. The summed E-state index contributed by atoms with van der Waals surface area (Å²) in [7, 11) is 0. The quantitative estimate of drug-likeness (QED) is 0.493. The van der Waals surface area contributed by atoms with Crippen molar-refractivity contribution in [1.82, 2.24) is 4.98 Å². The molecule has 1 nitrogen and oxygen atoms in total. The number of hydrogen-bond donors (Lipinski definition) is 0. The molecule has 2 rings (SSSR count). The first-order valence-corrected chi connectivity index (χ1v) is 4.00. The minimum absolute atomic E-state index is 0. The van der Waals surface area contributed by atoms with Crippen LogP contribution < -0.4 is 29.6 Å². The van der Waals surface area contributed by atoms with Crippen LogP contribution in [0.25, 0.3) is 10.2 Å². The summed E-state index contributed by atoms with van der Waals surface area (Å²) in [5.41, 5.74) is 1.12. The number of aromatic nitrogens is 1. The van der Waals surface area contributed by atoms with Gasteiger partial charge in [0.15, 0.2) is 0 Å². The van der Waals surface area contributed by atoms with E-state index in [4.69, 9.17) is 0 Å². The molecule has 0 aliphatic rings. The predicted octanol–water partition coefficient (Wildman–Crippen LogP) is -0.391. The molecule has 0 atom stereocenters. The van der Waals surface area contributed by atoms with Crippen molar-refractivity contribution < 1.29 is 29.6 Å². The van der Waals surface area contributed by atoms with Crippen LogP contribution in [0, 0.1) is 6.92 Å². The van der Waals surface area contributed by atoms with E-state index < -0.39 is 0 Å². The van der Waals surface area contributed by atoms with Crippen LogP contribution in [0.15, 0.2) is 24.3 Å². The van der Waals surface area contributed by atoms with Gasteiger partial charge >= 0.3 is 29.6 Å². The Kier molecular flexibility index (Phi) is 3.07. The number of hydrogen-bond acceptors (Lipinski definition) is 2. The van der Waals surface area contributed by atoms with Crippen molar-refractivity contribution in [2.24, 2.45) is 0 Å². The zero-order chi connectivity index (χ0) is 6.97. The van der Waals surface area contributed by atoms with Gasteiger partial charge in [0.25, 0.3) is 0 Å². The zero-order valence-corrected chi connectivity index (χ0v) is 9.48. The molecule has 0 fully saturated rings. The van der Waals surface area contributed by atoms with E-state index in [-0.39, 0.29) is 29.6 Å². The summed E-state index contributed by atoms with van der Waals surface area (Å²) in [6.07, 6.45) is 0. The molecule has 2 aromatic rings. The number of benzene rings is 1. The molecule has 1 aromatic carbocycles. The van der Waals surface area contributed by atoms with Crippen molar-refractivity contribution in [2.45, 2.75) is 6.92 Å². The summed E-state index contributed by atoms with van der Waals surface area (Å²) in [5, 5.41) is 1.14. The molecular weight excluding hydrogens is 165 g/mol. The smallest absolute Gasteiger partial charge is 0.242 e. The predicted molar refractivity (Wildman–Crippen MR) is 44.4 cm³/mol. The summed E-state index contributed by atoms with van der Waals surface area (Å²) in [5.74, 6) is 0. The standard InChI is InChI=1S/C8H7NS.Na/c1-6-9-7-4-2-3-5-8(7)10-6;/h2-5H,1H3;/q;+1. The molecule has 0 bridgehead atoms. The second-order valence-electron chi connectivity index (χ2n) is 2.20. The Labute approximate surface area is 91.8 Å². The number of rotatable bonds is 0. The Morgan fingerprint density at radius 2 is 2.00 bits per heavy atom. The van der Waals surface area contributed by atoms with Crippen LogP contribution >= 0.6 is 11.3 Å². The topological polar surface area (TPSA) is 12.9 Å². The number of aryl methyl sites for hydroxylation is 1. The Hall–Kier alpha value is 0.110. The van der Waals surface area contributed by atoms with E-state index >= 15 is 0 Å². The van der Waals surface area contributed by atoms with E-state index in [1.807, 2.05) is 25.1 Å². The van der Waals surface area contributed by atoms with Gasteiger partial charge in [0, 0.05) is 0 Å². The van der Waals surface area contributed by atoms with Crippen LogP contribution in [0.5, 0.6) is 0 Å². The van der Waals surface area contributed by atoms with E-state index in [1.165, 1.54) is 4.70 Å². The molecule has 3 heteroatoms. The van der Waals surface area contributed by atoms with Gasteiger partial charge in [-0.15, -0.1) is 11.3 Å². The summed E-state index contributed by atoms with van der Waals surface area (Å²) in [4.78, 5) is 4.33. The maximum absolute atomic E-state index is 4.33. The number of para-hydroxylation sites is 1. The summed E-state index contributed by atoms with van der Waals surface area (Å²) >= 11 is 1.74. The molecule has 0 aliphatic heterocycles. The van der Waals surface area contributed by atoms with E-state index in [9.17, 15) is 0 Å². The molecule has 0 N–H and O–H groups in total. The van der Waals surface area contributed by atoms with E-state index in [0.717, 1.165) is 10.5 Å². The van der Waals surface area contributed by atoms with Crippen molar-refractivity contribution in [3.8, 4) is 0 Å². The third kappa shape index (κ3) is 1.82. The maximum Gasteiger partial charge on any atom is 1.00 e. The molecule has 0 saturated heterocycles. The van der Waals surface area contributed by atoms with Crippen LogP contribution in [-0.4, -0.2) is 4.98 Å². The molecule has 50 valence electrons. The van der Waals surface area contributed by atoms with Gasteiger partial charge in [-0.05, 0) is 19.1 Å². The van der Waals surface area contributed by atoms with Gasteiger partial charge in [0.05, 0.1) is 15.2 Å². The maximum atomic E-state index is 4.33. The molecule has 0 spiro atoms. The summed E-state index contributed by atoms with van der Waals surface area (Å²) in [6.45, 7) is 2.03. The average Bonchev–Trinajstić information content (AvgIpc) is 2.27. The van der Waals surface area contributed by atoms with Gasteiger partial charge in [0.2, 0.25) is 0 Å². The number of fused-ring (bicyclic) bond motifs is 1. The van der Waals surface area contributed by atoms with Crippen molar-refractivity contribution in [3.05, 3.63) is 29.3 Å². The van der Waals surface area contributed by atoms with Crippen LogP contribution in [0.3, 0.4) is 0 Å². The fourth-order valence-electron chi connectivity index (χ4n) is 0.987. The van der Waals surface area contributed by atoms with Gasteiger partial charge in [-0.2, -0.15) is 0 Å². The summed E-state index contributed by atoms with van der Waals surface area (Å²) < 4.78 is 1.28. The van der Waals surface area contributed by atoms with Crippen molar-refractivity contribution >= 4 is 21.6 Å². The van der Waals surface area contributed by atoms with Crippen molar-refractivity contribution in [1.29, 1.82) is 0 Å². The molecule has 0 radical (unpaired) electrons. The Morgan fingerprint density at radius 1 is 1.27 bits per heavy atom. The Balaban J connectivity index is 0.000000605. The van der Waals surface area contributed by atoms with Gasteiger partial charge in [-0.1, -0.05) is 12.1 Å². The number of nitrogens with zero attached hydrogens (tertiary/aromatic N) is 1. The third-order valence-electron chi connectivity index (χ3n) is 1.40. The Morgan fingerprint density at radius 3 is 2.73 bits per heavy atom. The second kappa shape index (κ2) is 3.68. The first-order chi connectivity index (χ1) is 4.86. The van der Waals surface area contributed by atoms with Gasteiger partial charge < -0.3 is 0 Å². The van der Waals surface area contributed by atoms with E-state index in [1.54, 1.807) is 11.3 Å². The molecular formula is C8H7NNaS+. The molecule has 0 unspecified atom stereocenters. The monoisotopic (exact) mass is 172 g/mol. The molecule has 1 aromatic heterocycles. The minimum Gasteiger partial charge on any atom is -0.242 e. The van der Waals surface area contributed by atoms with Gasteiger partial charge in [-0.25, -0.2) is 4.98 Å². The van der Waals surface area contributed by atoms with Crippen molar-refractivity contribution in [3.63, 3.8) is 0 Å². The van der Waals surface area contributed by atoms with E-state index in [2.05, 4.69) is 11.1 Å². The fourth-order valence-corrected chi connectivity index (χ4v) is 1.81. The number of thiazole rings is 1. The molecule has 0 saturated carbocycles. The molecule has 0 amide bonds. The largest absolute Gasteiger partial charge is 1.00 e. The van der Waals surface area contributed by atoms with Crippen LogP contribution in [0.4, 0.5) is 0 Å². The summed E-state index contributed by atoms with van der Waals surface area (Å²) in [6, 6.07) is 8.19. The van der Waals surface area contributed by atoms with Crippen LogP contribution in [-0.2, 0) is 0 Å². The zero-order valence-electron chi connectivity index (χ0n) is 6.66. The van der Waals surface area contributed by atoms with Gasteiger partial charge in [0.1, 0.15) is 0 Å². The average molecular weight is 172 g/mol. The van der Waals surface area contributed by atoms with Crippen LogP contribution in [0.1, 0.15) is 5.01 Å². The normalized spacial score (nSPS) is 9.55. The van der Waals surface area contributed by atoms with Crippen LogP contribution in [0.2, 0.25) is 0 Å². The van der Waals surface area contributed by atoms with Crippen molar-refractivity contribution in [2.75, 3.05) is 0 Å². The minimum atomic E-state index is 0. The van der Waals surface area contributed by atoms with Gasteiger partial charge in [-0.3, -0.25) is 0 Å². The first kappa shape index (κ1) is 9.20. The third-order valence-corrected chi connectivity index (χ3v) is 2.35. The van der Waals surface area contributed by atoms with E-state index in [0.29, 0.717) is 0 Å². The first-order valence-electron chi connectivity index (χ1n) is 3.18. The fraction of sp³-hybridized carbons (Fsp3) is 0.125. The Bertz CT molecular complexity index is 323.